The Labute approximate surface area is 170 Å². The molecular formula is C22H26N2O5. The van der Waals surface area contributed by atoms with Gasteiger partial charge < -0.3 is 14.8 Å². The SMILES string of the molecule is C=CCOC(=O)[C@H](CCNOCc1ccccc1)NC(=O)OCc1ccccc1. The number of hydroxylamine groups is 1. The van der Waals surface area contributed by atoms with Gasteiger partial charge in [0.2, 0.25) is 0 Å². The fourth-order valence-corrected chi connectivity index (χ4v) is 2.38. The maximum absolute atomic E-state index is 12.2. The van der Waals surface area contributed by atoms with E-state index in [1.165, 1.54) is 6.08 Å². The zero-order valence-corrected chi connectivity index (χ0v) is 16.2. The van der Waals surface area contributed by atoms with E-state index < -0.39 is 18.1 Å². The minimum Gasteiger partial charge on any atom is -0.460 e. The van der Waals surface area contributed by atoms with Crippen LogP contribution in [0.15, 0.2) is 73.3 Å². The highest BCUT2D eigenvalue weighted by atomic mass is 16.6. The van der Waals surface area contributed by atoms with Crippen molar-refractivity contribution in [3.8, 4) is 0 Å². The van der Waals surface area contributed by atoms with Gasteiger partial charge in [0, 0.05) is 6.54 Å². The number of nitrogens with one attached hydrogen (secondary N) is 2. The van der Waals surface area contributed by atoms with Gasteiger partial charge >= 0.3 is 12.1 Å². The largest absolute Gasteiger partial charge is 0.460 e. The normalized spacial score (nSPS) is 11.3. The summed E-state index contributed by atoms with van der Waals surface area (Å²) in [4.78, 5) is 29.6. The molecule has 1 atom stereocenters. The van der Waals surface area contributed by atoms with Crippen LogP contribution < -0.4 is 10.8 Å². The molecule has 0 aromatic heterocycles. The Morgan fingerprint density at radius 1 is 0.931 bits per heavy atom. The molecule has 154 valence electrons. The summed E-state index contributed by atoms with van der Waals surface area (Å²) in [5, 5.41) is 2.54. The summed E-state index contributed by atoms with van der Waals surface area (Å²) in [6.07, 6.45) is 1.04. The summed E-state index contributed by atoms with van der Waals surface area (Å²) < 4.78 is 10.2. The highest BCUT2D eigenvalue weighted by Crippen LogP contribution is 2.03. The van der Waals surface area contributed by atoms with Crippen molar-refractivity contribution in [2.45, 2.75) is 25.7 Å². The number of rotatable bonds is 12. The first-order valence-corrected chi connectivity index (χ1v) is 9.32. The van der Waals surface area contributed by atoms with Crippen LogP contribution in [0.25, 0.3) is 0 Å². The fourth-order valence-electron chi connectivity index (χ4n) is 2.38. The summed E-state index contributed by atoms with van der Waals surface area (Å²) in [6, 6.07) is 18.1. The molecule has 2 aromatic rings. The molecule has 0 unspecified atom stereocenters. The molecule has 0 fully saturated rings. The number of hydrogen-bond acceptors (Lipinski definition) is 6. The van der Waals surface area contributed by atoms with E-state index in [1.54, 1.807) is 0 Å². The summed E-state index contributed by atoms with van der Waals surface area (Å²) >= 11 is 0. The van der Waals surface area contributed by atoms with Crippen molar-refractivity contribution in [2.24, 2.45) is 0 Å². The van der Waals surface area contributed by atoms with E-state index in [0.29, 0.717) is 13.2 Å². The predicted molar refractivity (Wildman–Crippen MR) is 109 cm³/mol. The number of alkyl carbamates (subject to hydrolysis) is 1. The number of amides is 1. The van der Waals surface area contributed by atoms with Crippen molar-refractivity contribution in [3.05, 3.63) is 84.4 Å². The Kier molecular flexibility index (Phi) is 9.99. The lowest BCUT2D eigenvalue weighted by molar-refractivity contribution is -0.145. The highest BCUT2D eigenvalue weighted by Gasteiger charge is 2.22. The summed E-state index contributed by atoms with van der Waals surface area (Å²) in [5.74, 6) is -0.563. The van der Waals surface area contributed by atoms with E-state index >= 15 is 0 Å². The summed E-state index contributed by atoms with van der Waals surface area (Å²) in [7, 11) is 0. The van der Waals surface area contributed by atoms with Crippen LogP contribution in [0.2, 0.25) is 0 Å². The molecule has 0 bridgehead atoms. The van der Waals surface area contributed by atoms with E-state index in [9.17, 15) is 9.59 Å². The van der Waals surface area contributed by atoms with E-state index in [1.807, 2.05) is 60.7 Å². The number of ether oxygens (including phenoxy) is 2. The Morgan fingerprint density at radius 3 is 2.17 bits per heavy atom. The van der Waals surface area contributed by atoms with Gasteiger partial charge in [0.1, 0.15) is 19.3 Å². The third-order valence-electron chi connectivity index (χ3n) is 3.85. The van der Waals surface area contributed by atoms with Gasteiger partial charge in [-0.25, -0.2) is 15.1 Å². The molecule has 7 nitrogen and oxygen atoms in total. The zero-order valence-electron chi connectivity index (χ0n) is 16.2. The molecule has 0 heterocycles. The van der Waals surface area contributed by atoms with Gasteiger partial charge in [-0.15, -0.1) is 0 Å². The lowest BCUT2D eigenvalue weighted by Crippen LogP contribution is -2.43. The Morgan fingerprint density at radius 2 is 1.55 bits per heavy atom. The molecule has 0 aliphatic rings. The fraction of sp³-hybridized carbons (Fsp3) is 0.273. The molecule has 0 aliphatic carbocycles. The maximum atomic E-state index is 12.2. The first-order chi connectivity index (χ1) is 14.2. The molecule has 2 rings (SSSR count). The van der Waals surface area contributed by atoms with E-state index in [0.717, 1.165) is 11.1 Å². The third kappa shape index (κ3) is 9.05. The maximum Gasteiger partial charge on any atom is 0.408 e. The average Bonchev–Trinajstić information content (AvgIpc) is 2.76. The van der Waals surface area contributed by atoms with Crippen molar-refractivity contribution in [1.29, 1.82) is 0 Å². The number of carbonyl (C=O) groups is 2. The third-order valence-corrected chi connectivity index (χ3v) is 3.85. The number of hydrogen-bond donors (Lipinski definition) is 2. The molecule has 2 aromatic carbocycles. The standard InChI is InChI=1S/C22H26N2O5/c1-2-15-27-21(25)20(13-14-23-29-17-19-11-7-4-8-12-19)24-22(26)28-16-18-9-5-3-6-10-18/h2-12,20,23H,1,13-17H2,(H,24,26)/t20-/m0/s1. The molecule has 0 saturated carbocycles. The van der Waals surface area contributed by atoms with Crippen LogP contribution in [0, 0.1) is 0 Å². The molecule has 0 aliphatic heterocycles. The number of carbonyl (C=O) groups excluding carboxylic acids is 2. The monoisotopic (exact) mass is 398 g/mol. The number of esters is 1. The van der Waals surface area contributed by atoms with Crippen molar-refractivity contribution >= 4 is 12.1 Å². The molecule has 0 radical (unpaired) electrons. The second-order valence-corrected chi connectivity index (χ2v) is 6.13. The van der Waals surface area contributed by atoms with Gasteiger partial charge in [0.15, 0.2) is 0 Å². The van der Waals surface area contributed by atoms with Crippen LogP contribution in [0.5, 0.6) is 0 Å². The minimum atomic E-state index is -0.869. The molecule has 0 saturated heterocycles. The van der Waals surface area contributed by atoms with Gasteiger partial charge in [0.25, 0.3) is 0 Å². The molecular weight excluding hydrogens is 372 g/mol. The van der Waals surface area contributed by atoms with Crippen molar-refractivity contribution < 1.29 is 23.9 Å². The molecule has 1 amide bonds. The van der Waals surface area contributed by atoms with Crippen LogP contribution in [-0.2, 0) is 32.3 Å². The lowest BCUT2D eigenvalue weighted by atomic mass is 10.2. The highest BCUT2D eigenvalue weighted by molar-refractivity contribution is 5.81. The van der Waals surface area contributed by atoms with Gasteiger partial charge in [0.05, 0.1) is 6.61 Å². The molecule has 0 spiro atoms. The first-order valence-electron chi connectivity index (χ1n) is 9.32. The minimum absolute atomic E-state index is 0.0635. The lowest BCUT2D eigenvalue weighted by Gasteiger charge is -2.17. The molecule has 7 heteroatoms. The first kappa shape index (κ1) is 22.1. The van der Waals surface area contributed by atoms with Gasteiger partial charge in [-0.3, -0.25) is 4.84 Å². The van der Waals surface area contributed by atoms with Crippen LogP contribution in [0.1, 0.15) is 17.5 Å². The van der Waals surface area contributed by atoms with Crippen LogP contribution in [-0.4, -0.2) is 31.3 Å². The quantitative estimate of drug-likeness (QED) is 0.247. The summed E-state index contributed by atoms with van der Waals surface area (Å²) in [5.41, 5.74) is 4.66. The second kappa shape index (κ2) is 13.1. The van der Waals surface area contributed by atoms with Crippen LogP contribution >= 0.6 is 0 Å². The second-order valence-electron chi connectivity index (χ2n) is 6.13. The van der Waals surface area contributed by atoms with Gasteiger partial charge in [-0.1, -0.05) is 73.3 Å². The summed E-state index contributed by atoms with van der Waals surface area (Å²) in [6.45, 7) is 4.40. The van der Waals surface area contributed by atoms with Crippen molar-refractivity contribution in [2.75, 3.05) is 13.2 Å². The molecule has 29 heavy (non-hydrogen) atoms. The van der Waals surface area contributed by atoms with Crippen LogP contribution in [0.4, 0.5) is 4.79 Å². The average molecular weight is 398 g/mol. The van der Waals surface area contributed by atoms with Crippen molar-refractivity contribution in [1.82, 2.24) is 10.8 Å². The van der Waals surface area contributed by atoms with Gasteiger partial charge in [-0.05, 0) is 17.5 Å². The Balaban J connectivity index is 1.76. The molecule has 2 N–H and O–H groups in total. The predicted octanol–water partition coefficient (Wildman–Crippen LogP) is 3.12. The Hall–Kier alpha value is -3.16. The van der Waals surface area contributed by atoms with Gasteiger partial charge in [-0.2, -0.15) is 0 Å². The topological polar surface area (TPSA) is 85.9 Å². The zero-order chi connectivity index (χ0) is 20.7. The smallest absolute Gasteiger partial charge is 0.408 e. The van der Waals surface area contributed by atoms with Crippen LogP contribution in [0.3, 0.4) is 0 Å². The van der Waals surface area contributed by atoms with E-state index in [4.69, 9.17) is 14.3 Å². The van der Waals surface area contributed by atoms with E-state index in [2.05, 4.69) is 17.4 Å². The number of benzene rings is 2. The Bertz CT molecular complexity index is 752. The van der Waals surface area contributed by atoms with Crippen molar-refractivity contribution in [3.63, 3.8) is 0 Å². The van der Waals surface area contributed by atoms with E-state index in [-0.39, 0.29) is 19.6 Å².